The van der Waals surface area contributed by atoms with Crippen LogP contribution in [0.2, 0.25) is 4.73 Å². The van der Waals surface area contributed by atoms with Gasteiger partial charge in [-0.15, -0.1) is 0 Å². The van der Waals surface area contributed by atoms with Gasteiger partial charge in [0, 0.05) is 0 Å². The van der Waals surface area contributed by atoms with Gasteiger partial charge < -0.3 is 0 Å². The molecule has 2 nitrogen and oxygen atoms in total. The summed E-state index contributed by atoms with van der Waals surface area (Å²) in [4.78, 5) is 0. The standard InChI is InChI=1S/2C4H9O.C4H7.Ti/c2*1-2-3-4-5;1-4(2)3;/h2*2-4H2,1H3;1-2H2,3H3;/q2*-1;;+2. The van der Waals surface area contributed by atoms with Crippen molar-refractivity contribution in [1.29, 1.82) is 0 Å². The van der Waals surface area contributed by atoms with Crippen molar-refractivity contribution in [2.75, 3.05) is 13.2 Å². The molecule has 0 rings (SSSR count). The maximum absolute atomic E-state index is 5.82. The Hall–Kier alpha value is 0.374. The Morgan fingerprint density at radius 2 is 1.53 bits per heavy atom. The molecule has 0 aliphatic carbocycles. The van der Waals surface area contributed by atoms with Gasteiger partial charge in [-0.3, -0.25) is 0 Å². The first-order valence-corrected chi connectivity index (χ1v) is 8.34. The Bertz CT molecular complexity index is 150. The topological polar surface area (TPSA) is 18.5 Å². The Morgan fingerprint density at radius 1 is 1.07 bits per heavy atom. The van der Waals surface area contributed by atoms with E-state index in [0.717, 1.165) is 30.8 Å². The monoisotopic (exact) mass is 249 g/mol. The molecule has 0 fully saturated rings. The summed E-state index contributed by atoms with van der Waals surface area (Å²) in [6, 6.07) is 0. The third-order valence-corrected chi connectivity index (χ3v) is 5.00. The molecule has 0 heterocycles. The number of rotatable bonds is 10. The average molecular weight is 249 g/mol. The van der Waals surface area contributed by atoms with Gasteiger partial charge in [0.25, 0.3) is 0 Å². The third kappa shape index (κ3) is 10.7. The van der Waals surface area contributed by atoms with Crippen LogP contribution in [-0.4, -0.2) is 13.2 Å². The molecule has 0 aromatic heterocycles. The first-order chi connectivity index (χ1) is 7.20. The van der Waals surface area contributed by atoms with Gasteiger partial charge in [-0.2, -0.15) is 0 Å². The van der Waals surface area contributed by atoms with E-state index in [0.29, 0.717) is 0 Å². The van der Waals surface area contributed by atoms with Crippen LogP contribution in [0.25, 0.3) is 0 Å². The van der Waals surface area contributed by atoms with E-state index in [1.54, 1.807) is 0 Å². The van der Waals surface area contributed by atoms with E-state index >= 15 is 0 Å². The predicted molar refractivity (Wildman–Crippen MR) is 61.3 cm³/mol. The molecule has 0 saturated carbocycles. The van der Waals surface area contributed by atoms with Crippen LogP contribution in [0.5, 0.6) is 0 Å². The zero-order valence-corrected chi connectivity index (χ0v) is 12.0. The second-order valence-electron chi connectivity index (χ2n) is 3.91. The fourth-order valence-electron chi connectivity index (χ4n) is 1.05. The Morgan fingerprint density at radius 3 is 1.87 bits per heavy atom. The number of hydrogen-bond donors (Lipinski definition) is 0. The maximum atomic E-state index is 5.82. The fourth-order valence-corrected chi connectivity index (χ4v) is 3.43. The Balaban J connectivity index is 3.68. The molecular formula is C12H25O2Ti. The zero-order chi connectivity index (χ0) is 11.5. The molecule has 15 heavy (non-hydrogen) atoms. The van der Waals surface area contributed by atoms with Crippen LogP contribution in [0.4, 0.5) is 0 Å². The van der Waals surface area contributed by atoms with E-state index < -0.39 is 18.6 Å². The van der Waals surface area contributed by atoms with Gasteiger partial charge in [-0.05, 0) is 0 Å². The van der Waals surface area contributed by atoms with Crippen LogP contribution in [0.1, 0.15) is 46.5 Å². The van der Waals surface area contributed by atoms with Crippen LogP contribution in [0, 0.1) is 0 Å². The summed E-state index contributed by atoms with van der Waals surface area (Å²) in [6.45, 7) is 12.1. The van der Waals surface area contributed by atoms with Crippen LogP contribution in [0.15, 0.2) is 12.2 Å². The van der Waals surface area contributed by atoms with Gasteiger partial charge >= 0.3 is 102 Å². The van der Waals surface area contributed by atoms with Crippen molar-refractivity contribution in [2.24, 2.45) is 0 Å². The fraction of sp³-hybridized carbons (Fsp3) is 0.833. The summed E-state index contributed by atoms with van der Waals surface area (Å²) >= 11 is -1.73. The quantitative estimate of drug-likeness (QED) is 0.330. The first-order valence-electron chi connectivity index (χ1n) is 5.96. The van der Waals surface area contributed by atoms with Crippen molar-refractivity contribution >= 4 is 0 Å². The third-order valence-electron chi connectivity index (χ3n) is 1.97. The summed E-state index contributed by atoms with van der Waals surface area (Å²) in [6.07, 6.45) is 4.66. The average Bonchev–Trinajstić information content (AvgIpc) is 2.17. The molecule has 0 unspecified atom stereocenters. The summed E-state index contributed by atoms with van der Waals surface area (Å²) in [5, 5.41) is 0. The van der Waals surface area contributed by atoms with Crippen LogP contribution in [-0.2, 0) is 25.3 Å². The van der Waals surface area contributed by atoms with Gasteiger partial charge in [0.15, 0.2) is 0 Å². The normalized spacial score (nSPS) is 10.3. The second-order valence-corrected chi connectivity index (χ2v) is 6.53. The summed E-state index contributed by atoms with van der Waals surface area (Å²) in [5.41, 5.74) is 1.19. The van der Waals surface area contributed by atoms with E-state index in [2.05, 4.69) is 27.4 Å². The minimum absolute atomic E-state index is 0.866. The molecule has 0 spiro atoms. The van der Waals surface area contributed by atoms with Crippen molar-refractivity contribution in [1.82, 2.24) is 0 Å². The molecule has 0 aromatic rings. The van der Waals surface area contributed by atoms with Crippen molar-refractivity contribution in [3.05, 3.63) is 12.2 Å². The van der Waals surface area contributed by atoms with E-state index in [1.165, 1.54) is 18.4 Å². The van der Waals surface area contributed by atoms with Gasteiger partial charge in [0.05, 0.1) is 0 Å². The van der Waals surface area contributed by atoms with Gasteiger partial charge in [-0.25, -0.2) is 0 Å². The molecule has 0 N–H and O–H groups in total. The number of allylic oxidation sites excluding steroid dienone is 1. The molecular weight excluding hydrogens is 224 g/mol. The van der Waals surface area contributed by atoms with Gasteiger partial charge in [0.1, 0.15) is 0 Å². The van der Waals surface area contributed by atoms with Crippen molar-refractivity contribution in [2.45, 2.75) is 51.2 Å². The molecule has 0 atom stereocenters. The van der Waals surface area contributed by atoms with Crippen molar-refractivity contribution < 1.29 is 25.3 Å². The second kappa shape index (κ2) is 10.9. The molecule has 89 valence electrons. The molecule has 0 aliphatic heterocycles. The molecule has 0 saturated heterocycles. The van der Waals surface area contributed by atoms with E-state index in [9.17, 15) is 0 Å². The summed E-state index contributed by atoms with van der Waals surface area (Å²) in [5.74, 6) is 0. The van der Waals surface area contributed by atoms with Crippen LogP contribution < -0.4 is 0 Å². The SMILES string of the molecule is C=C(C)[CH2][Ti]([O]CCCC)[O]CCCC. The van der Waals surface area contributed by atoms with Crippen molar-refractivity contribution in [3.63, 3.8) is 0 Å². The van der Waals surface area contributed by atoms with Gasteiger partial charge in [-0.1, -0.05) is 0 Å². The molecule has 0 bridgehead atoms. The van der Waals surface area contributed by atoms with Gasteiger partial charge in [0.2, 0.25) is 0 Å². The number of hydrogen-bond acceptors (Lipinski definition) is 2. The van der Waals surface area contributed by atoms with E-state index in [4.69, 9.17) is 6.64 Å². The molecule has 3 heteroatoms. The molecule has 0 radical (unpaired) electrons. The first kappa shape index (κ1) is 15.4. The van der Waals surface area contributed by atoms with E-state index in [1.807, 2.05) is 0 Å². The Kier molecular flexibility index (Phi) is 11.1. The summed E-state index contributed by atoms with van der Waals surface area (Å²) in [7, 11) is 0. The number of unbranched alkanes of at least 4 members (excludes halogenated alkanes) is 2. The Labute approximate surface area is 102 Å². The molecule has 0 aliphatic rings. The minimum atomic E-state index is -1.73. The van der Waals surface area contributed by atoms with E-state index in [-0.39, 0.29) is 0 Å². The van der Waals surface area contributed by atoms with Crippen LogP contribution in [0.3, 0.4) is 0 Å². The van der Waals surface area contributed by atoms with Crippen LogP contribution >= 0.6 is 0 Å². The molecule has 0 amide bonds. The van der Waals surface area contributed by atoms with Crippen molar-refractivity contribution in [3.8, 4) is 0 Å². The molecule has 0 aromatic carbocycles. The zero-order valence-electron chi connectivity index (χ0n) is 10.5. The predicted octanol–water partition coefficient (Wildman–Crippen LogP) is 4.06. The summed E-state index contributed by atoms with van der Waals surface area (Å²) < 4.78 is 12.6.